The van der Waals surface area contributed by atoms with Crippen LogP contribution >= 0.6 is 0 Å². The number of aromatic nitrogens is 3. The van der Waals surface area contributed by atoms with Gasteiger partial charge in [-0.1, -0.05) is 6.85 Å². The van der Waals surface area contributed by atoms with Gasteiger partial charge in [0.1, 0.15) is 24.2 Å². The van der Waals surface area contributed by atoms with Gasteiger partial charge in [-0.15, -0.1) is 0 Å². The summed E-state index contributed by atoms with van der Waals surface area (Å²) in [6.45, 7) is -15.6. The summed E-state index contributed by atoms with van der Waals surface area (Å²) in [7, 11) is 0. The fourth-order valence-corrected chi connectivity index (χ4v) is 1.98. The Hall–Kier alpha value is -2.62. The molecular formula is C16H20N6O. The molecule has 0 spiro atoms. The van der Waals surface area contributed by atoms with E-state index in [1.807, 2.05) is 0 Å². The first-order valence-electron chi connectivity index (χ1n) is 13.8. The number of fused-ring (bicyclic) bond motifs is 1. The zero-order valence-electron chi connectivity index (χ0n) is 26.5. The summed E-state index contributed by atoms with van der Waals surface area (Å²) in [6.07, 6.45) is -5.66. The molecule has 0 radical (unpaired) electrons. The maximum Gasteiger partial charge on any atom is 0.236 e. The van der Waals surface area contributed by atoms with Crippen molar-refractivity contribution in [1.82, 2.24) is 19.9 Å². The molecule has 23 heavy (non-hydrogen) atoms. The zero-order valence-corrected chi connectivity index (χ0v) is 11.5. The maximum atomic E-state index is 13.0. The Bertz CT molecular complexity index is 1290. The number of hydrogen-bond acceptors (Lipinski definition) is 5. The van der Waals surface area contributed by atoms with E-state index in [-0.39, 0.29) is 15.9 Å². The minimum atomic E-state index is -4.10. The lowest BCUT2D eigenvalue weighted by Gasteiger charge is -2.42. The van der Waals surface area contributed by atoms with Crippen molar-refractivity contribution in [1.29, 1.82) is 5.26 Å². The number of nitriles is 1. The van der Waals surface area contributed by atoms with Crippen molar-refractivity contribution in [3.05, 3.63) is 18.6 Å². The highest BCUT2D eigenvalue weighted by molar-refractivity contribution is 5.87. The zero-order chi connectivity index (χ0) is 29.5. The second-order valence-corrected chi connectivity index (χ2v) is 4.37. The lowest BCUT2D eigenvalue weighted by molar-refractivity contribution is -0.131. The van der Waals surface area contributed by atoms with Crippen LogP contribution in [0.5, 0.6) is 0 Å². The molecular weight excluding hydrogens is 292 g/mol. The number of anilines is 1. The van der Waals surface area contributed by atoms with Crippen LogP contribution in [0.1, 0.15) is 40.2 Å². The van der Waals surface area contributed by atoms with Crippen molar-refractivity contribution in [2.24, 2.45) is 5.89 Å². The van der Waals surface area contributed by atoms with E-state index in [1.165, 1.54) is 12.3 Å². The van der Waals surface area contributed by atoms with Crippen LogP contribution < -0.4 is 4.90 Å². The number of nitrogens with zero attached hydrogens (tertiary/aromatic N) is 5. The molecule has 1 amide bonds. The van der Waals surface area contributed by atoms with E-state index < -0.39 is 68.1 Å². The van der Waals surface area contributed by atoms with E-state index in [0.29, 0.717) is 0 Å². The molecule has 1 aliphatic heterocycles. The third-order valence-electron chi connectivity index (χ3n) is 3.01. The number of H-pyrrole nitrogens is 1. The number of carbonyl (C=O) groups is 1. The number of likely N-dealkylation sites (N-methyl/N-ethyl adjacent to an activating group) is 1. The third-order valence-corrected chi connectivity index (χ3v) is 3.01. The molecule has 7 nitrogen and oxygen atoms in total. The Morgan fingerprint density at radius 2 is 2.70 bits per heavy atom. The first-order chi connectivity index (χ1) is 16.9. The number of hydrogen-bond donors (Lipinski definition) is 1. The number of nitrogens with one attached hydrogen (secondary N) is 1. The van der Waals surface area contributed by atoms with Crippen molar-refractivity contribution in [2.45, 2.75) is 25.6 Å². The number of amides is 1. The third kappa shape index (κ3) is 2.84. The topological polar surface area (TPSA) is 88.9 Å². The lowest BCUT2D eigenvalue weighted by atomic mass is 9.92. The molecule has 1 saturated heterocycles. The Labute approximate surface area is 156 Å². The summed E-state index contributed by atoms with van der Waals surface area (Å²) in [6, 6.07) is -0.955. The minimum absolute atomic E-state index is 0.0144. The standard InChI is InChI=1S/C16H20N6O/c1-11-5-8-22(14(23)3-6-17)9-13(11)21(2)16-12-4-7-18-15(12)19-10-20-16/h4,7,10-11,13H,3,5,8-9H2,1-2H3,(H,18,19,20)/t11-,13+/m1/s1/i1D3,2D3,3D2,5D2,8D2,9D2,11D. The van der Waals surface area contributed by atoms with Gasteiger partial charge < -0.3 is 14.8 Å². The molecule has 0 unspecified atom stereocenters. The SMILES string of the molecule is [2H]C([2H])(C#N)C(=O)N1C([2H])([2H])[C@H](N(c2ncnc3[nH]ccc23)C([2H])([2H])[2H])[C@]([2H])(C([2H])([2H])[2H])C([2H])([2H])C1([2H])[2H]. The summed E-state index contributed by atoms with van der Waals surface area (Å²) in [5.74, 6) is -6.94. The predicted octanol–water partition coefficient (Wildman–Crippen LogP) is 1.54. The van der Waals surface area contributed by atoms with Crippen LogP contribution in [0.4, 0.5) is 5.82 Å². The van der Waals surface area contributed by atoms with E-state index >= 15 is 0 Å². The number of carbonyl (C=O) groups excluding carboxylic acids is 1. The first-order valence-corrected chi connectivity index (χ1v) is 6.26. The van der Waals surface area contributed by atoms with E-state index in [0.717, 1.165) is 12.4 Å². The van der Waals surface area contributed by atoms with Gasteiger partial charge in [0.05, 0.1) is 23.0 Å². The van der Waals surface area contributed by atoms with Crippen LogP contribution in [0.15, 0.2) is 18.6 Å². The van der Waals surface area contributed by atoms with E-state index in [4.69, 9.17) is 25.8 Å². The molecule has 1 aliphatic rings. The van der Waals surface area contributed by atoms with Crippen molar-refractivity contribution in [2.75, 3.05) is 24.9 Å². The maximum absolute atomic E-state index is 13.0. The molecule has 2 aromatic rings. The molecule has 1 N–H and O–H groups in total. The Morgan fingerprint density at radius 3 is 3.48 bits per heavy atom. The quantitative estimate of drug-likeness (QED) is 0.924. The second kappa shape index (κ2) is 6.24. The fourth-order valence-electron chi connectivity index (χ4n) is 1.98. The summed E-state index contributed by atoms with van der Waals surface area (Å²) >= 11 is 0. The minimum Gasteiger partial charge on any atom is -0.354 e. The van der Waals surface area contributed by atoms with Crippen LogP contribution in [0.3, 0.4) is 0 Å². The van der Waals surface area contributed by atoms with Gasteiger partial charge in [0, 0.05) is 41.2 Å². The molecule has 2 aromatic heterocycles. The second-order valence-electron chi connectivity index (χ2n) is 4.37. The molecule has 2 atom stereocenters. The van der Waals surface area contributed by atoms with Crippen LogP contribution in [-0.2, 0) is 4.79 Å². The van der Waals surface area contributed by atoms with Gasteiger partial charge in [-0.2, -0.15) is 5.26 Å². The predicted molar refractivity (Wildman–Crippen MR) is 86.7 cm³/mol. The summed E-state index contributed by atoms with van der Waals surface area (Å²) in [5.41, 5.74) is -0.0165. The molecule has 120 valence electrons. The highest BCUT2D eigenvalue weighted by Gasteiger charge is 2.32. The van der Waals surface area contributed by atoms with Crippen molar-refractivity contribution >= 4 is 22.8 Å². The van der Waals surface area contributed by atoms with Gasteiger partial charge in [0.15, 0.2) is 0 Å². The smallest absolute Gasteiger partial charge is 0.236 e. The number of likely N-dealkylation sites (tertiary alicyclic amines) is 1. The van der Waals surface area contributed by atoms with Gasteiger partial charge in [0.25, 0.3) is 0 Å². The molecule has 0 aromatic carbocycles. The Balaban J connectivity index is 2.54. The molecule has 1 fully saturated rings. The molecule has 0 saturated carbocycles. The molecule has 3 rings (SSSR count). The van der Waals surface area contributed by atoms with Gasteiger partial charge in [-0.25, -0.2) is 9.97 Å². The highest BCUT2D eigenvalue weighted by atomic mass is 16.2. The van der Waals surface area contributed by atoms with Gasteiger partial charge in [-0.05, 0) is 18.3 Å². The van der Waals surface area contributed by atoms with E-state index in [2.05, 4.69) is 15.0 Å². The largest absolute Gasteiger partial charge is 0.354 e. The van der Waals surface area contributed by atoms with Crippen LogP contribution in [0.2, 0.25) is 0 Å². The molecule has 0 aliphatic carbocycles. The van der Waals surface area contributed by atoms with Crippen molar-refractivity contribution < 1.29 is 25.4 Å². The average Bonchev–Trinajstić information content (AvgIpc) is 3.23. The van der Waals surface area contributed by atoms with Crippen LogP contribution in [0.25, 0.3) is 11.0 Å². The molecule has 0 bridgehead atoms. The summed E-state index contributed by atoms with van der Waals surface area (Å²) < 4.78 is 123. The van der Waals surface area contributed by atoms with Crippen molar-refractivity contribution in [3.8, 4) is 6.07 Å². The normalized spacial score (nSPS) is 42.3. The van der Waals surface area contributed by atoms with Gasteiger partial charge in [-0.3, -0.25) is 4.79 Å². The molecule has 3 heterocycles. The average molecular weight is 327 g/mol. The summed E-state index contributed by atoms with van der Waals surface area (Å²) in [4.78, 5) is 22.7. The van der Waals surface area contributed by atoms with Gasteiger partial charge in [0.2, 0.25) is 5.91 Å². The summed E-state index contributed by atoms with van der Waals surface area (Å²) in [5, 5.41) is 8.98. The monoisotopic (exact) mass is 327 g/mol. The lowest BCUT2D eigenvalue weighted by Crippen LogP contribution is -2.52. The van der Waals surface area contributed by atoms with E-state index in [1.54, 1.807) is 0 Å². The van der Waals surface area contributed by atoms with Crippen LogP contribution in [0, 0.1) is 17.2 Å². The fraction of sp³-hybridized carbons (Fsp3) is 0.500. The first kappa shape index (κ1) is 5.48. The molecule has 7 heteroatoms. The van der Waals surface area contributed by atoms with Crippen LogP contribution in [-0.4, -0.2) is 51.8 Å². The Morgan fingerprint density at radius 1 is 1.78 bits per heavy atom. The Kier molecular flexibility index (Phi) is 1.49. The number of rotatable bonds is 3. The van der Waals surface area contributed by atoms with Crippen molar-refractivity contribution in [3.63, 3.8) is 0 Å². The van der Waals surface area contributed by atoms with E-state index in [9.17, 15) is 4.79 Å². The number of piperidine rings is 1. The highest BCUT2D eigenvalue weighted by Crippen LogP contribution is 2.28. The number of aromatic amines is 1. The van der Waals surface area contributed by atoms with Gasteiger partial charge >= 0.3 is 0 Å².